The van der Waals surface area contributed by atoms with E-state index in [1.807, 2.05) is 18.5 Å². The zero-order chi connectivity index (χ0) is 13.3. The van der Waals surface area contributed by atoms with Gasteiger partial charge in [0.05, 0.1) is 11.7 Å². The van der Waals surface area contributed by atoms with E-state index in [9.17, 15) is 0 Å². The number of pyridine rings is 1. The first-order valence-corrected chi connectivity index (χ1v) is 6.52. The standard InChI is InChI=1S/C14H22N4/c1-5-10(8-15)13-17-11-9-16-7-6-12(11)18(13)14(2,3)4/h6-7,9-10H,5,8,15H2,1-4H3. The van der Waals surface area contributed by atoms with Gasteiger partial charge in [-0.3, -0.25) is 4.98 Å². The molecule has 1 unspecified atom stereocenters. The first kappa shape index (κ1) is 13.0. The Labute approximate surface area is 108 Å². The SMILES string of the molecule is CCC(CN)c1nc2cnccc2n1C(C)(C)C. The molecule has 2 aromatic heterocycles. The molecule has 0 aliphatic carbocycles. The van der Waals surface area contributed by atoms with Crippen molar-refractivity contribution in [2.45, 2.75) is 45.6 Å². The fourth-order valence-corrected chi connectivity index (χ4v) is 2.38. The van der Waals surface area contributed by atoms with Crippen LogP contribution in [0.15, 0.2) is 18.5 Å². The van der Waals surface area contributed by atoms with E-state index in [1.54, 1.807) is 0 Å². The summed E-state index contributed by atoms with van der Waals surface area (Å²) < 4.78 is 2.30. The number of hydrogen-bond donors (Lipinski definition) is 1. The van der Waals surface area contributed by atoms with E-state index in [1.165, 1.54) is 0 Å². The highest BCUT2D eigenvalue weighted by molar-refractivity contribution is 5.75. The molecule has 2 heterocycles. The predicted molar refractivity (Wildman–Crippen MR) is 74.6 cm³/mol. The van der Waals surface area contributed by atoms with Gasteiger partial charge in [-0.25, -0.2) is 4.98 Å². The molecule has 0 amide bonds. The molecular weight excluding hydrogens is 224 g/mol. The molecule has 2 aromatic rings. The van der Waals surface area contributed by atoms with Crippen molar-refractivity contribution in [3.8, 4) is 0 Å². The summed E-state index contributed by atoms with van der Waals surface area (Å²) in [5, 5.41) is 0. The van der Waals surface area contributed by atoms with Crippen molar-refractivity contribution in [3.05, 3.63) is 24.3 Å². The monoisotopic (exact) mass is 246 g/mol. The lowest BCUT2D eigenvalue weighted by Gasteiger charge is -2.27. The largest absolute Gasteiger partial charge is 0.330 e. The van der Waals surface area contributed by atoms with Crippen molar-refractivity contribution in [1.29, 1.82) is 0 Å². The van der Waals surface area contributed by atoms with Gasteiger partial charge in [-0.15, -0.1) is 0 Å². The topological polar surface area (TPSA) is 56.7 Å². The molecule has 1 atom stereocenters. The molecule has 2 N–H and O–H groups in total. The summed E-state index contributed by atoms with van der Waals surface area (Å²) in [6.45, 7) is 9.37. The fourth-order valence-electron chi connectivity index (χ4n) is 2.38. The molecule has 0 aliphatic rings. The Morgan fingerprint density at radius 3 is 2.67 bits per heavy atom. The van der Waals surface area contributed by atoms with E-state index in [-0.39, 0.29) is 5.54 Å². The number of hydrogen-bond acceptors (Lipinski definition) is 3. The zero-order valence-electron chi connectivity index (χ0n) is 11.6. The predicted octanol–water partition coefficient (Wildman–Crippen LogP) is 2.64. The van der Waals surface area contributed by atoms with Gasteiger partial charge in [0.1, 0.15) is 11.3 Å². The van der Waals surface area contributed by atoms with Gasteiger partial charge in [-0.05, 0) is 33.3 Å². The van der Waals surface area contributed by atoms with Gasteiger partial charge in [-0.2, -0.15) is 0 Å². The van der Waals surface area contributed by atoms with Gasteiger partial charge in [0.25, 0.3) is 0 Å². The second-order valence-electron chi connectivity index (χ2n) is 5.68. The number of nitrogens with zero attached hydrogens (tertiary/aromatic N) is 3. The van der Waals surface area contributed by atoms with Gasteiger partial charge in [0.2, 0.25) is 0 Å². The second-order valence-corrected chi connectivity index (χ2v) is 5.68. The molecule has 98 valence electrons. The fraction of sp³-hybridized carbons (Fsp3) is 0.571. The van der Waals surface area contributed by atoms with E-state index < -0.39 is 0 Å². The summed E-state index contributed by atoms with van der Waals surface area (Å²) in [5.74, 6) is 1.38. The maximum absolute atomic E-state index is 5.88. The third-order valence-corrected chi connectivity index (χ3v) is 3.30. The van der Waals surface area contributed by atoms with Crippen molar-refractivity contribution < 1.29 is 0 Å². The maximum atomic E-state index is 5.88. The summed E-state index contributed by atoms with van der Waals surface area (Å²) >= 11 is 0. The molecular formula is C14H22N4. The molecule has 2 rings (SSSR count). The Bertz CT molecular complexity index is 532. The molecule has 0 aromatic carbocycles. The number of rotatable bonds is 3. The van der Waals surface area contributed by atoms with Crippen LogP contribution in [0.4, 0.5) is 0 Å². The highest BCUT2D eigenvalue weighted by Crippen LogP contribution is 2.29. The maximum Gasteiger partial charge on any atom is 0.114 e. The first-order chi connectivity index (χ1) is 8.49. The third kappa shape index (κ3) is 2.12. The lowest BCUT2D eigenvalue weighted by atomic mass is 10.0. The molecule has 0 aliphatic heterocycles. The van der Waals surface area contributed by atoms with Crippen LogP contribution in [-0.4, -0.2) is 21.1 Å². The summed E-state index contributed by atoms with van der Waals surface area (Å²) in [5.41, 5.74) is 7.97. The summed E-state index contributed by atoms with van der Waals surface area (Å²) in [7, 11) is 0. The number of fused-ring (bicyclic) bond motifs is 1. The molecule has 0 saturated carbocycles. The van der Waals surface area contributed by atoms with Gasteiger partial charge in [0.15, 0.2) is 0 Å². The summed E-state index contributed by atoms with van der Waals surface area (Å²) in [4.78, 5) is 8.89. The molecule has 0 saturated heterocycles. The average Bonchev–Trinajstić information content (AvgIpc) is 2.69. The molecule has 0 radical (unpaired) electrons. The number of nitrogens with two attached hydrogens (primary N) is 1. The van der Waals surface area contributed by atoms with Gasteiger partial charge >= 0.3 is 0 Å². The van der Waals surface area contributed by atoms with Crippen LogP contribution in [0.2, 0.25) is 0 Å². The third-order valence-electron chi connectivity index (χ3n) is 3.30. The van der Waals surface area contributed by atoms with Crippen LogP contribution in [0.3, 0.4) is 0 Å². The molecule has 18 heavy (non-hydrogen) atoms. The first-order valence-electron chi connectivity index (χ1n) is 6.52. The van der Waals surface area contributed by atoms with Crippen LogP contribution in [0.25, 0.3) is 11.0 Å². The second kappa shape index (κ2) is 4.69. The summed E-state index contributed by atoms with van der Waals surface area (Å²) in [6.07, 6.45) is 4.65. The Kier molecular flexibility index (Phi) is 3.39. The van der Waals surface area contributed by atoms with Crippen LogP contribution >= 0.6 is 0 Å². The van der Waals surface area contributed by atoms with E-state index in [4.69, 9.17) is 10.7 Å². The lowest BCUT2D eigenvalue weighted by Crippen LogP contribution is -2.27. The van der Waals surface area contributed by atoms with E-state index >= 15 is 0 Å². The Balaban J connectivity index is 2.72. The van der Waals surface area contributed by atoms with Crippen LogP contribution < -0.4 is 5.73 Å². The molecule has 4 heteroatoms. The van der Waals surface area contributed by atoms with Crippen LogP contribution in [0.1, 0.15) is 45.9 Å². The number of imidazole rings is 1. The van der Waals surface area contributed by atoms with Crippen molar-refractivity contribution in [2.24, 2.45) is 5.73 Å². The average molecular weight is 246 g/mol. The quantitative estimate of drug-likeness (QED) is 0.905. The van der Waals surface area contributed by atoms with Gasteiger partial charge in [-0.1, -0.05) is 6.92 Å². The molecule has 4 nitrogen and oxygen atoms in total. The van der Waals surface area contributed by atoms with Crippen molar-refractivity contribution in [1.82, 2.24) is 14.5 Å². The van der Waals surface area contributed by atoms with Crippen molar-refractivity contribution in [2.75, 3.05) is 6.54 Å². The molecule has 0 spiro atoms. The molecule has 0 bridgehead atoms. The van der Waals surface area contributed by atoms with Crippen molar-refractivity contribution in [3.63, 3.8) is 0 Å². The van der Waals surface area contributed by atoms with Crippen molar-refractivity contribution >= 4 is 11.0 Å². The van der Waals surface area contributed by atoms with E-state index in [0.717, 1.165) is 23.3 Å². The van der Waals surface area contributed by atoms with Gasteiger partial charge in [0, 0.05) is 24.2 Å². The number of aromatic nitrogens is 3. The summed E-state index contributed by atoms with van der Waals surface area (Å²) in [6, 6.07) is 2.03. The van der Waals surface area contributed by atoms with Crippen LogP contribution in [0.5, 0.6) is 0 Å². The highest BCUT2D eigenvalue weighted by Gasteiger charge is 2.25. The van der Waals surface area contributed by atoms with E-state index in [0.29, 0.717) is 12.5 Å². The normalized spacial score (nSPS) is 14.1. The van der Waals surface area contributed by atoms with E-state index in [2.05, 4.69) is 37.2 Å². The molecule has 0 fully saturated rings. The van der Waals surface area contributed by atoms with Crippen LogP contribution in [0, 0.1) is 0 Å². The Morgan fingerprint density at radius 1 is 1.39 bits per heavy atom. The lowest BCUT2D eigenvalue weighted by molar-refractivity contribution is 0.381. The van der Waals surface area contributed by atoms with Crippen LogP contribution in [-0.2, 0) is 5.54 Å². The smallest absolute Gasteiger partial charge is 0.114 e. The minimum atomic E-state index is -0.00593. The highest BCUT2D eigenvalue weighted by atomic mass is 15.1. The Hall–Kier alpha value is -1.42. The Morgan fingerprint density at radius 2 is 2.11 bits per heavy atom. The van der Waals surface area contributed by atoms with Gasteiger partial charge < -0.3 is 10.3 Å². The zero-order valence-corrected chi connectivity index (χ0v) is 11.6. The minimum absolute atomic E-state index is 0.00593. The minimum Gasteiger partial charge on any atom is -0.330 e.